The lowest BCUT2D eigenvalue weighted by molar-refractivity contribution is -0.133. The van der Waals surface area contributed by atoms with Crippen LogP contribution in [-0.4, -0.2) is 60.5 Å². The minimum atomic E-state index is -4.07. The van der Waals surface area contributed by atoms with Crippen molar-refractivity contribution >= 4 is 25.3 Å². The first-order valence-corrected chi connectivity index (χ1v) is 18.2. The maximum absolute atomic E-state index is 13.9. The molecule has 1 spiro atoms. The number of carbonyl (C=O) groups is 3. The standard InChI is InChI=1S/C32H58N3O7P/c1-6-9-10-11-14-17-25-18-15-12-13-16-19-32(20-21-33-31(32)39)23-27(30(38)43(40,41-7-2)42-8-3)35-29(37)26(22-24(4)5)34-28(25)36/h13,16,24-27,30,38H,6-12,14-15,17-23H2,1-5H3,(H,33,39)(H,34,36)(H,35,37)/b16-13+/t25?,26-,27-,30+,32?/m0/s1. The number of aliphatic hydroxyl groups is 1. The lowest BCUT2D eigenvalue weighted by Crippen LogP contribution is -2.55. The smallest absolute Gasteiger partial charge is 0.360 e. The van der Waals surface area contributed by atoms with Crippen LogP contribution in [0.5, 0.6) is 0 Å². The third kappa shape index (κ3) is 11.6. The van der Waals surface area contributed by atoms with Gasteiger partial charge < -0.3 is 30.1 Å². The zero-order chi connectivity index (χ0) is 31.9. The largest absolute Gasteiger partial charge is 0.379 e. The Balaban J connectivity index is 2.45. The van der Waals surface area contributed by atoms with Crippen LogP contribution in [0, 0.1) is 17.3 Å². The molecule has 0 aromatic rings. The Morgan fingerprint density at radius 1 is 1.00 bits per heavy atom. The van der Waals surface area contributed by atoms with E-state index in [4.69, 9.17) is 9.05 Å². The molecule has 0 bridgehead atoms. The number of rotatable bonds is 14. The molecular formula is C32H58N3O7P. The number of nitrogens with one attached hydrogen (secondary N) is 3. The second-order valence-electron chi connectivity index (χ2n) is 12.6. The fraction of sp³-hybridized carbons (Fsp3) is 0.844. The highest BCUT2D eigenvalue weighted by atomic mass is 31.2. The van der Waals surface area contributed by atoms with Crippen molar-refractivity contribution in [3.05, 3.63) is 12.2 Å². The molecule has 2 rings (SSSR count). The minimum Gasteiger partial charge on any atom is -0.379 e. The van der Waals surface area contributed by atoms with Crippen LogP contribution < -0.4 is 16.0 Å². The molecule has 4 N–H and O–H groups in total. The zero-order valence-electron chi connectivity index (χ0n) is 27.2. The summed E-state index contributed by atoms with van der Waals surface area (Å²) in [5.41, 5.74) is -0.906. The Morgan fingerprint density at radius 2 is 1.70 bits per heavy atom. The molecule has 3 amide bonds. The summed E-state index contributed by atoms with van der Waals surface area (Å²) in [4.78, 5) is 40.7. The molecule has 11 heteroatoms. The lowest BCUT2D eigenvalue weighted by atomic mass is 9.77. The van der Waals surface area contributed by atoms with E-state index in [2.05, 4.69) is 29.0 Å². The minimum absolute atomic E-state index is 0.0369. The van der Waals surface area contributed by atoms with Gasteiger partial charge in [0.15, 0.2) is 5.85 Å². The Labute approximate surface area is 259 Å². The molecule has 0 saturated carbocycles. The molecule has 0 aliphatic carbocycles. The topological polar surface area (TPSA) is 143 Å². The van der Waals surface area contributed by atoms with E-state index in [1.807, 2.05) is 19.9 Å². The molecule has 1 fully saturated rings. The number of hydrogen-bond donors (Lipinski definition) is 4. The number of amides is 3. The SMILES string of the molecule is CCCCCCCC1CCC/C=C/CC2(CCNC2=O)C[C@@H]([C@H](O)P(=O)(OCC)OCC)NC(=O)[C@H](CC(C)C)NC1=O. The van der Waals surface area contributed by atoms with Crippen LogP contribution in [0.4, 0.5) is 0 Å². The Kier molecular flexibility index (Phi) is 16.5. The van der Waals surface area contributed by atoms with Gasteiger partial charge >= 0.3 is 7.60 Å². The van der Waals surface area contributed by atoms with Crippen LogP contribution >= 0.6 is 7.60 Å². The summed E-state index contributed by atoms with van der Waals surface area (Å²) in [6, 6.07) is -1.96. The summed E-state index contributed by atoms with van der Waals surface area (Å²) in [5, 5.41) is 20.3. The average Bonchev–Trinajstić information content (AvgIpc) is 3.31. The summed E-state index contributed by atoms with van der Waals surface area (Å²) in [5.74, 6) is -2.58. The number of allylic oxidation sites excluding steroid dienone is 2. The lowest BCUT2D eigenvalue weighted by Gasteiger charge is -2.36. The first-order valence-electron chi connectivity index (χ1n) is 16.6. The van der Waals surface area contributed by atoms with Gasteiger partial charge in [-0.3, -0.25) is 18.9 Å². The van der Waals surface area contributed by atoms with Gasteiger partial charge in [-0.05, 0) is 71.1 Å². The van der Waals surface area contributed by atoms with E-state index in [-0.39, 0.29) is 43.3 Å². The van der Waals surface area contributed by atoms with Crippen molar-refractivity contribution in [3.63, 3.8) is 0 Å². The Bertz CT molecular complexity index is 949. The van der Waals surface area contributed by atoms with Gasteiger partial charge in [0.05, 0.1) is 24.7 Å². The van der Waals surface area contributed by atoms with E-state index in [0.29, 0.717) is 25.8 Å². The predicted molar refractivity (Wildman–Crippen MR) is 169 cm³/mol. The van der Waals surface area contributed by atoms with Crippen LogP contribution in [0.3, 0.4) is 0 Å². The second-order valence-corrected chi connectivity index (χ2v) is 14.7. The van der Waals surface area contributed by atoms with Gasteiger partial charge in [-0.1, -0.05) is 65.0 Å². The summed E-state index contributed by atoms with van der Waals surface area (Å²) in [6.45, 7) is 9.99. The average molecular weight is 628 g/mol. The number of unbranched alkanes of at least 4 members (excludes halogenated alkanes) is 4. The van der Waals surface area contributed by atoms with Gasteiger partial charge in [-0.2, -0.15) is 0 Å². The summed E-state index contributed by atoms with van der Waals surface area (Å²) in [7, 11) is -4.07. The number of hydrogen-bond acceptors (Lipinski definition) is 7. The zero-order valence-corrected chi connectivity index (χ0v) is 28.1. The van der Waals surface area contributed by atoms with Crippen LogP contribution in [0.2, 0.25) is 0 Å². The molecule has 2 heterocycles. The molecule has 10 nitrogen and oxygen atoms in total. The second kappa shape index (κ2) is 18.9. The van der Waals surface area contributed by atoms with Crippen molar-refractivity contribution < 1.29 is 33.1 Å². The van der Waals surface area contributed by atoms with Gasteiger partial charge in [0.25, 0.3) is 0 Å². The third-order valence-corrected chi connectivity index (χ3v) is 10.8. The van der Waals surface area contributed by atoms with Gasteiger partial charge in [0, 0.05) is 12.5 Å². The molecule has 2 aliphatic heterocycles. The van der Waals surface area contributed by atoms with E-state index in [1.54, 1.807) is 13.8 Å². The van der Waals surface area contributed by atoms with E-state index in [1.165, 1.54) is 6.42 Å². The van der Waals surface area contributed by atoms with Crippen molar-refractivity contribution in [3.8, 4) is 0 Å². The summed E-state index contributed by atoms with van der Waals surface area (Å²) < 4.78 is 24.6. The van der Waals surface area contributed by atoms with E-state index >= 15 is 0 Å². The highest BCUT2D eigenvalue weighted by molar-refractivity contribution is 7.54. The van der Waals surface area contributed by atoms with Crippen molar-refractivity contribution in [1.29, 1.82) is 0 Å². The molecule has 248 valence electrons. The highest BCUT2D eigenvalue weighted by Crippen LogP contribution is 2.54. The molecule has 5 atom stereocenters. The van der Waals surface area contributed by atoms with Crippen molar-refractivity contribution in [1.82, 2.24) is 16.0 Å². The maximum Gasteiger partial charge on any atom is 0.360 e. The normalized spacial score (nSPS) is 27.7. The predicted octanol–water partition coefficient (Wildman–Crippen LogP) is 5.59. The molecule has 2 aliphatic rings. The van der Waals surface area contributed by atoms with Crippen molar-refractivity contribution in [2.75, 3.05) is 19.8 Å². The van der Waals surface area contributed by atoms with Gasteiger partial charge in [-0.25, -0.2) is 0 Å². The van der Waals surface area contributed by atoms with Gasteiger partial charge in [0.2, 0.25) is 17.7 Å². The fourth-order valence-electron chi connectivity index (χ4n) is 6.20. The molecular weight excluding hydrogens is 569 g/mol. The monoisotopic (exact) mass is 627 g/mol. The molecule has 2 unspecified atom stereocenters. The number of aliphatic hydroxyl groups excluding tert-OH is 1. The highest BCUT2D eigenvalue weighted by Gasteiger charge is 2.49. The first-order chi connectivity index (χ1) is 20.5. The van der Waals surface area contributed by atoms with Crippen LogP contribution in [0.15, 0.2) is 12.2 Å². The van der Waals surface area contributed by atoms with Crippen LogP contribution in [0.1, 0.15) is 118 Å². The van der Waals surface area contributed by atoms with Crippen LogP contribution in [0.25, 0.3) is 0 Å². The molecule has 1 saturated heterocycles. The quantitative estimate of drug-likeness (QED) is 0.112. The fourth-order valence-corrected chi connectivity index (χ4v) is 7.92. The molecule has 0 aromatic carbocycles. The van der Waals surface area contributed by atoms with Gasteiger partial charge in [0.1, 0.15) is 6.04 Å². The van der Waals surface area contributed by atoms with Gasteiger partial charge in [-0.15, -0.1) is 0 Å². The van der Waals surface area contributed by atoms with Crippen molar-refractivity contribution in [2.24, 2.45) is 17.3 Å². The summed E-state index contributed by atoms with van der Waals surface area (Å²) in [6.07, 6.45) is 14.0. The first kappa shape index (κ1) is 37.4. The Hall–Kier alpha value is -1.74. The van der Waals surface area contributed by atoms with E-state index in [0.717, 1.165) is 51.4 Å². The molecule has 0 radical (unpaired) electrons. The van der Waals surface area contributed by atoms with Crippen LogP contribution in [-0.2, 0) is 28.0 Å². The third-order valence-electron chi connectivity index (χ3n) is 8.58. The number of carbonyl (C=O) groups excluding carboxylic acids is 3. The van der Waals surface area contributed by atoms with E-state index in [9.17, 15) is 24.1 Å². The molecule has 43 heavy (non-hydrogen) atoms. The summed E-state index contributed by atoms with van der Waals surface area (Å²) >= 11 is 0. The Morgan fingerprint density at radius 3 is 2.30 bits per heavy atom. The maximum atomic E-state index is 13.9. The van der Waals surface area contributed by atoms with E-state index < -0.39 is 36.8 Å². The molecule has 0 aromatic heterocycles. The van der Waals surface area contributed by atoms with Crippen molar-refractivity contribution in [2.45, 2.75) is 136 Å².